The summed E-state index contributed by atoms with van der Waals surface area (Å²) < 4.78 is 0.930. The largest absolute Gasteiger partial charge is 0.355 e. The van der Waals surface area contributed by atoms with E-state index < -0.39 is 11.2 Å². The van der Waals surface area contributed by atoms with E-state index in [4.69, 9.17) is 0 Å². The van der Waals surface area contributed by atoms with Gasteiger partial charge in [-0.05, 0) is 19.4 Å². The lowest BCUT2D eigenvalue weighted by Crippen LogP contribution is -2.40. The molecule has 2 N–H and O–H groups in total. The summed E-state index contributed by atoms with van der Waals surface area (Å²) in [6, 6.07) is 1.72. The number of rotatable bonds is 4. The van der Waals surface area contributed by atoms with Crippen molar-refractivity contribution in [3.8, 4) is 0 Å². The van der Waals surface area contributed by atoms with E-state index in [0.29, 0.717) is 16.8 Å². The van der Waals surface area contributed by atoms with Crippen LogP contribution in [-0.2, 0) is 11.3 Å². The van der Waals surface area contributed by atoms with E-state index in [9.17, 15) is 14.4 Å². The molecule has 0 radical (unpaired) electrons. The minimum absolute atomic E-state index is 0.251. The van der Waals surface area contributed by atoms with E-state index >= 15 is 0 Å². The van der Waals surface area contributed by atoms with Crippen LogP contribution in [0.3, 0.4) is 0 Å². The molecule has 0 spiro atoms. The van der Waals surface area contributed by atoms with Crippen molar-refractivity contribution in [3.63, 3.8) is 0 Å². The molecule has 0 atom stereocenters. The van der Waals surface area contributed by atoms with Crippen molar-refractivity contribution in [2.45, 2.75) is 26.8 Å². The first-order valence-corrected chi connectivity index (χ1v) is 6.84. The molecule has 0 aliphatic heterocycles. The van der Waals surface area contributed by atoms with Crippen molar-refractivity contribution in [2.75, 3.05) is 6.54 Å². The summed E-state index contributed by atoms with van der Waals surface area (Å²) in [5, 5.41) is 3.09. The number of carbonyl (C=O) groups is 1. The first-order valence-electron chi connectivity index (χ1n) is 6.03. The van der Waals surface area contributed by atoms with Gasteiger partial charge in [-0.3, -0.25) is 19.1 Å². The molecule has 19 heavy (non-hydrogen) atoms. The summed E-state index contributed by atoms with van der Waals surface area (Å²) in [5.41, 5.74) is -0.972. The van der Waals surface area contributed by atoms with Crippen LogP contribution in [-0.4, -0.2) is 22.0 Å². The van der Waals surface area contributed by atoms with Crippen molar-refractivity contribution < 1.29 is 4.79 Å². The number of hydrogen-bond donors (Lipinski definition) is 2. The maximum atomic E-state index is 12.1. The molecule has 0 aliphatic carbocycles. The Labute approximate surface area is 113 Å². The van der Waals surface area contributed by atoms with Crippen LogP contribution in [0, 0.1) is 6.92 Å². The van der Waals surface area contributed by atoms with Gasteiger partial charge in [0, 0.05) is 11.4 Å². The second-order valence-electron chi connectivity index (χ2n) is 4.27. The van der Waals surface area contributed by atoms with Crippen LogP contribution in [0.25, 0.3) is 10.2 Å². The van der Waals surface area contributed by atoms with Gasteiger partial charge in [0.1, 0.15) is 11.4 Å². The molecule has 102 valence electrons. The van der Waals surface area contributed by atoms with Gasteiger partial charge in [0.15, 0.2) is 0 Å². The van der Waals surface area contributed by atoms with Crippen molar-refractivity contribution >= 4 is 27.5 Å². The van der Waals surface area contributed by atoms with Crippen LogP contribution < -0.4 is 16.6 Å². The summed E-state index contributed by atoms with van der Waals surface area (Å²) in [4.78, 5) is 39.7. The molecule has 6 nitrogen and oxygen atoms in total. The molecule has 0 aromatic carbocycles. The summed E-state index contributed by atoms with van der Waals surface area (Å²) in [6.07, 6.45) is 0.805. The summed E-state index contributed by atoms with van der Waals surface area (Å²) in [6.45, 7) is 4.07. The average molecular weight is 281 g/mol. The Morgan fingerprint density at radius 3 is 2.89 bits per heavy atom. The maximum absolute atomic E-state index is 12.1. The fraction of sp³-hybridized carbons (Fsp3) is 0.417. The molecule has 0 bridgehead atoms. The Hall–Kier alpha value is -1.89. The van der Waals surface area contributed by atoms with Gasteiger partial charge < -0.3 is 5.32 Å². The molecule has 0 saturated heterocycles. The molecule has 0 fully saturated rings. The third-order valence-electron chi connectivity index (χ3n) is 2.67. The fourth-order valence-electron chi connectivity index (χ4n) is 1.78. The van der Waals surface area contributed by atoms with E-state index in [2.05, 4.69) is 10.3 Å². The van der Waals surface area contributed by atoms with Gasteiger partial charge in [0.25, 0.3) is 5.56 Å². The highest BCUT2D eigenvalue weighted by Gasteiger charge is 2.12. The number of hydrogen-bond acceptors (Lipinski definition) is 4. The van der Waals surface area contributed by atoms with Crippen LogP contribution in [0.5, 0.6) is 0 Å². The van der Waals surface area contributed by atoms with Crippen LogP contribution in [0.4, 0.5) is 0 Å². The molecule has 1 amide bonds. The number of aryl methyl sites for hydroxylation is 1. The molecule has 2 heterocycles. The number of thiophene rings is 1. The predicted octanol–water partition coefficient (Wildman–Crippen LogP) is 0.586. The van der Waals surface area contributed by atoms with Crippen molar-refractivity contribution in [1.82, 2.24) is 14.9 Å². The molecule has 2 aromatic rings. The van der Waals surface area contributed by atoms with Gasteiger partial charge in [0.2, 0.25) is 5.91 Å². The zero-order chi connectivity index (χ0) is 14.0. The van der Waals surface area contributed by atoms with Gasteiger partial charge in [-0.2, -0.15) is 0 Å². The second-order valence-corrected chi connectivity index (χ2v) is 5.53. The van der Waals surface area contributed by atoms with Gasteiger partial charge in [-0.1, -0.05) is 6.92 Å². The Morgan fingerprint density at radius 2 is 2.21 bits per heavy atom. The minimum Gasteiger partial charge on any atom is -0.355 e. The van der Waals surface area contributed by atoms with Crippen LogP contribution in [0.1, 0.15) is 18.2 Å². The first kappa shape index (κ1) is 13.5. The topological polar surface area (TPSA) is 84.0 Å². The summed E-state index contributed by atoms with van der Waals surface area (Å²) in [7, 11) is 0. The highest BCUT2D eigenvalue weighted by molar-refractivity contribution is 7.18. The quantitative estimate of drug-likeness (QED) is 0.860. The molecule has 0 aliphatic rings. The summed E-state index contributed by atoms with van der Waals surface area (Å²) in [5.74, 6) is -0.333. The monoisotopic (exact) mass is 281 g/mol. The van der Waals surface area contributed by atoms with E-state index in [1.807, 2.05) is 13.8 Å². The Kier molecular flexibility index (Phi) is 3.84. The van der Waals surface area contributed by atoms with E-state index in [0.717, 1.165) is 15.9 Å². The van der Waals surface area contributed by atoms with E-state index in [1.165, 1.54) is 11.3 Å². The Balaban J connectivity index is 2.40. The van der Waals surface area contributed by atoms with E-state index in [1.54, 1.807) is 6.07 Å². The zero-order valence-corrected chi connectivity index (χ0v) is 11.6. The maximum Gasteiger partial charge on any atom is 0.329 e. The van der Waals surface area contributed by atoms with Crippen LogP contribution in [0.2, 0.25) is 0 Å². The summed E-state index contributed by atoms with van der Waals surface area (Å²) >= 11 is 1.35. The number of aromatic nitrogens is 2. The minimum atomic E-state index is -0.550. The number of H-pyrrole nitrogens is 1. The standard InChI is InChI=1S/C12H15N3O3S/c1-3-4-13-9(16)6-15-11(17)8-5-7(2)19-10(8)14-12(15)18/h5H,3-4,6H2,1-2H3,(H,13,16)(H,14,18). The molecule has 2 aromatic heterocycles. The number of aromatic amines is 1. The zero-order valence-electron chi connectivity index (χ0n) is 10.8. The average Bonchev–Trinajstić information content (AvgIpc) is 2.72. The Bertz CT molecular complexity index is 726. The normalized spacial score (nSPS) is 10.8. The molecular weight excluding hydrogens is 266 g/mol. The number of carbonyl (C=O) groups excluding carboxylic acids is 1. The lowest BCUT2D eigenvalue weighted by molar-refractivity contribution is -0.121. The number of fused-ring (bicyclic) bond motifs is 1. The number of nitrogens with zero attached hydrogens (tertiary/aromatic N) is 1. The first-order chi connectivity index (χ1) is 9.02. The van der Waals surface area contributed by atoms with Gasteiger partial charge in [-0.15, -0.1) is 11.3 Å². The smallest absolute Gasteiger partial charge is 0.329 e. The van der Waals surface area contributed by atoms with Crippen LogP contribution >= 0.6 is 11.3 Å². The molecule has 0 unspecified atom stereocenters. The van der Waals surface area contributed by atoms with Crippen molar-refractivity contribution in [3.05, 3.63) is 31.8 Å². The molecule has 2 rings (SSSR count). The van der Waals surface area contributed by atoms with Crippen molar-refractivity contribution in [2.24, 2.45) is 0 Å². The predicted molar refractivity (Wildman–Crippen MR) is 74.7 cm³/mol. The SMILES string of the molecule is CCCNC(=O)Cn1c(=O)[nH]c2sc(C)cc2c1=O. The molecular formula is C12H15N3O3S. The van der Waals surface area contributed by atoms with Crippen LogP contribution in [0.15, 0.2) is 15.7 Å². The second kappa shape index (κ2) is 5.40. The van der Waals surface area contributed by atoms with Gasteiger partial charge in [-0.25, -0.2) is 4.79 Å². The Morgan fingerprint density at radius 1 is 1.47 bits per heavy atom. The lowest BCUT2D eigenvalue weighted by atomic mass is 10.3. The van der Waals surface area contributed by atoms with Crippen molar-refractivity contribution in [1.29, 1.82) is 0 Å². The fourth-order valence-corrected chi connectivity index (χ4v) is 2.67. The molecule has 7 heteroatoms. The highest BCUT2D eigenvalue weighted by Crippen LogP contribution is 2.18. The third kappa shape index (κ3) is 2.76. The third-order valence-corrected chi connectivity index (χ3v) is 3.64. The lowest BCUT2D eigenvalue weighted by Gasteiger charge is -2.05. The molecule has 0 saturated carbocycles. The highest BCUT2D eigenvalue weighted by atomic mass is 32.1. The number of nitrogens with one attached hydrogen (secondary N) is 2. The van der Waals surface area contributed by atoms with Gasteiger partial charge >= 0.3 is 5.69 Å². The van der Waals surface area contributed by atoms with Gasteiger partial charge in [0.05, 0.1) is 5.39 Å². The number of amides is 1. The van der Waals surface area contributed by atoms with E-state index in [-0.39, 0.29) is 12.5 Å².